The van der Waals surface area contributed by atoms with Gasteiger partial charge in [0, 0.05) is 17.2 Å². The minimum absolute atomic E-state index is 0.00951. The second kappa shape index (κ2) is 18.6. The topological polar surface area (TPSA) is 89.5 Å². The fourth-order valence-electron chi connectivity index (χ4n) is 4.94. The van der Waals surface area contributed by atoms with Gasteiger partial charge in [-0.15, -0.1) is 0 Å². The van der Waals surface area contributed by atoms with Crippen molar-refractivity contribution in [1.82, 2.24) is 0 Å². The highest BCUT2D eigenvalue weighted by Gasteiger charge is 2.20. The van der Waals surface area contributed by atoms with Crippen LogP contribution in [0.5, 0.6) is 23.0 Å². The Hall–Kier alpha value is -6.28. The van der Waals surface area contributed by atoms with Crippen molar-refractivity contribution in [2.75, 3.05) is 26.4 Å². The number of carbonyl (C=O) groups is 2. The molecule has 0 aliphatic rings. The lowest BCUT2D eigenvalue weighted by Crippen LogP contribution is -2.31. The van der Waals surface area contributed by atoms with E-state index in [-0.39, 0.29) is 37.6 Å². The molecule has 2 atom stereocenters. The number of carbonyl (C=O) groups excluding carboxylic acids is 2. The maximum Gasteiger partial charge on any atom is 0.333 e. The highest BCUT2D eigenvalue weighted by atomic mass is 16.6. The zero-order valence-electron chi connectivity index (χ0n) is 29.4. The molecule has 0 aliphatic heterocycles. The zero-order valence-corrected chi connectivity index (χ0v) is 29.4. The van der Waals surface area contributed by atoms with Crippen molar-refractivity contribution in [2.45, 2.75) is 26.1 Å². The van der Waals surface area contributed by atoms with Crippen LogP contribution in [0.1, 0.15) is 13.8 Å². The van der Waals surface area contributed by atoms with Gasteiger partial charge in [-0.05, 0) is 72.5 Å². The van der Waals surface area contributed by atoms with Crippen molar-refractivity contribution in [3.8, 4) is 45.3 Å². The summed E-state index contributed by atoms with van der Waals surface area (Å²) in [6.07, 6.45) is -1.48. The van der Waals surface area contributed by atoms with Crippen LogP contribution < -0.4 is 18.9 Å². The third-order valence-corrected chi connectivity index (χ3v) is 7.68. The van der Waals surface area contributed by atoms with Gasteiger partial charge in [-0.1, -0.05) is 104 Å². The Bertz CT molecular complexity index is 1820. The molecule has 0 heterocycles. The predicted octanol–water partition coefficient (Wildman–Crippen LogP) is 8.91. The lowest BCUT2D eigenvalue weighted by Gasteiger charge is -2.21. The van der Waals surface area contributed by atoms with E-state index in [2.05, 4.69) is 13.2 Å². The summed E-state index contributed by atoms with van der Waals surface area (Å²) in [5.74, 6) is 1.12. The van der Waals surface area contributed by atoms with E-state index in [9.17, 15) is 9.59 Å². The van der Waals surface area contributed by atoms with E-state index in [1.54, 1.807) is 38.1 Å². The average Bonchev–Trinajstić information content (AvgIpc) is 3.17. The molecule has 8 heteroatoms. The molecule has 5 aromatic carbocycles. The maximum absolute atomic E-state index is 12.5. The van der Waals surface area contributed by atoms with Gasteiger partial charge in [0.2, 0.25) is 0 Å². The van der Waals surface area contributed by atoms with Gasteiger partial charge in [0.1, 0.15) is 49.4 Å². The van der Waals surface area contributed by atoms with Gasteiger partial charge < -0.3 is 28.4 Å². The largest absolute Gasteiger partial charge is 0.490 e. The summed E-state index contributed by atoms with van der Waals surface area (Å²) in [5, 5.41) is 0. The number of rotatable bonds is 18. The molecule has 0 N–H and O–H groups in total. The lowest BCUT2D eigenvalue weighted by molar-refractivity contribution is -0.148. The van der Waals surface area contributed by atoms with Gasteiger partial charge in [0.25, 0.3) is 0 Å². The van der Waals surface area contributed by atoms with E-state index in [0.717, 1.165) is 22.3 Å². The molecule has 266 valence electrons. The number of esters is 2. The van der Waals surface area contributed by atoms with Gasteiger partial charge >= 0.3 is 11.9 Å². The van der Waals surface area contributed by atoms with Crippen molar-refractivity contribution in [3.63, 3.8) is 0 Å². The van der Waals surface area contributed by atoms with Crippen LogP contribution in [-0.4, -0.2) is 50.6 Å². The van der Waals surface area contributed by atoms with Crippen molar-refractivity contribution in [3.05, 3.63) is 158 Å². The van der Waals surface area contributed by atoms with E-state index >= 15 is 0 Å². The van der Waals surface area contributed by atoms with Crippen LogP contribution >= 0.6 is 0 Å². The molecular formula is C44H42O8. The molecule has 0 aromatic heterocycles. The molecule has 0 aliphatic carbocycles. The summed E-state index contributed by atoms with van der Waals surface area (Å²) in [6.45, 7) is 10.7. The zero-order chi connectivity index (χ0) is 36.7. The summed E-state index contributed by atoms with van der Waals surface area (Å²) >= 11 is 0. The SMILES string of the molecule is C=C(C)C(=O)OC(COc1cccc(OCC(COc2cccc(-c3ccccc3)c2)OC(=O)C(=C)C)c1)COc1cccc(-c2ccccc2)c1. The Balaban J connectivity index is 1.20. The molecule has 52 heavy (non-hydrogen) atoms. The minimum Gasteiger partial charge on any atom is -0.490 e. The highest BCUT2D eigenvalue weighted by Crippen LogP contribution is 2.26. The number of benzene rings is 5. The Labute approximate surface area is 304 Å². The first-order chi connectivity index (χ1) is 25.2. The maximum atomic E-state index is 12.5. The van der Waals surface area contributed by atoms with Crippen LogP contribution in [0.15, 0.2) is 158 Å². The summed E-state index contributed by atoms with van der Waals surface area (Å²) in [6, 6.07) is 42.3. The average molecular weight is 699 g/mol. The molecule has 0 saturated carbocycles. The minimum atomic E-state index is -0.738. The molecule has 0 fully saturated rings. The summed E-state index contributed by atoms with van der Waals surface area (Å²) in [5.41, 5.74) is 4.65. The quantitative estimate of drug-likeness (QED) is 0.0662. The van der Waals surface area contributed by atoms with Gasteiger partial charge in [0.15, 0.2) is 12.2 Å². The van der Waals surface area contributed by atoms with Crippen molar-refractivity contribution in [1.29, 1.82) is 0 Å². The van der Waals surface area contributed by atoms with Crippen LogP contribution in [0.25, 0.3) is 22.3 Å². The Morgan fingerprint density at radius 2 is 0.750 bits per heavy atom. The van der Waals surface area contributed by atoms with Crippen LogP contribution in [0.4, 0.5) is 0 Å². The number of hydrogen-bond donors (Lipinski definition) is 0. The van der Waals surface area contributed by atoms with Crippen LogP contribution in [0.2, 0.25) is 0 Å². The second-order valence-electron chi connectivity index (χ2n) is 12.1. The predicted molar refractivity (Wildman–Crippen MR) is 202 cm³/mol. The Morgan fingerprint density at radius 1 is 0.442 bits per heavy atom. The molecule has 0 saturated heterocycles. The fourth-order valence-corrected chi connectivity index (χ4v) is 4.94. The van der Waals surface area contributed by atoms with Crippen molar-refractivity contribution in [2.24, 2.45) is 0 Å². The third kappa shape index (κ3) is 11.4. The van der Waals surface area contributed by atoms with Crippen LogP contribution in [0.3, 0.4) is 0 Å². The summed E-state index contributed by atoms with van der Waals surface area (Å²) in [7, 11) is 0. The monoisotopic (exact) mass is 698 g/mol. The summed E-state index contributed by atoms with van der Waals surface area (Å²) < 4.78 is 35.5. The van der Waals surface area contributed by atoms with Gasteiger partial charge in [-0.2, -0.15) is 0 Å². The smallest absolute Gasteiger partial charge is 0.333 e. The van der Waals surface area contributed by atoms with E-state index in [1.165, 1.54) is 0 Å². The summed E-state index contributed by atoms with van der Waals surface area (Å²) in [4.78, 5) is 24.9. The third-order valence-electron chi connectivity index (χ3n) is 7.68. The molecule has 8 nitrogen and oxygen atoms in total. The van der Waals surface area contributed by atoms with Crippen LogP contribution in [-0.2, 0) is 19.1 Å². The van der Waals surface area contributed by atoms with Crippen LogP contribution in [0, 0.1) is 0 Å². The molecule has 0 radical (unpaired) electrons. The molecule has 5 aromatic rings. The van der Waals surface area contributed by atoms with E-state index in [1.807, 2.05) is 109 Å². The first-order valence-corrected chi connectivity index (χ1v) is 16.9. The van der Waals surface area contributed by atoms with Gasteiger partial charge in [0.05, 0.1) is 0 Å². The molecule has 5 rings (SSSR count). The second-order valence-corrected chi connectivity index (χ2v) is 12.1. The first-order valence-electron chi connectivity index (χ1n) is 16.9. The molecule has 0 amide bonds. The first kappa shape index (κ1) is 37.0. The molecule has 0 bridgehead atoms. The number of ether oxygens (including phenoxy) is 6. The highest BCUT2D eigenvalue weighted by molar-refractivity contribution is 5.87. The lowest BCUT2D eigenvalue weighted by atomic mass is 10.1. The Kier molecular flexibility index (Phi) is 13.3. The Morgan fingerprint density at radius 3 is 1.10 bits per heavy atom. The van der Waals surface area contributed by atoms with E-state index < -0.39 is 24.1 Å². The normalized spacial score (nSPS) is 11.7. The van der Waals surface area contributed by atoms with E-state index in [0.29, 0.717) is 23.0 Å². The number of hydrogen-bond acceptors (Lipinski definition) is 8. The van der Waals surface area contributed by atoms with Gasteiger partial charge in [-0.25, -0.2) is 9.59 Å². The fraction of sp³-hybridized carbons (Fsp3) is 0.182. The van der Waals surface area contributed by atoms with E-state index in [4.69, 9.17) is 28.4 Å². The molecule has 2 unspecified atom stereocenters. The molecule has 0 spiro atoms. The molecular weight excluding hydrogens is 656 g/mol. The standard InChI is InChI=1S/C44H42O8/c1-31(2)43(45)51-41(27-47-37-20-11-18-35(24-37)33-14-7-5-8-15-33)29-49-39-22-13-23-40(26-39)50-30-42(52-44(46)32(3)4)28-48-38-21-12-19-36(25-38)34-16-9-6-10-17-34/h5-26,41-42H,1,3,27-30H2,2,4H3. The van der Waals surface area contributed by atoms with Gasteiger partial charge in [-0.3, -0.25) is 0 Å². The van der Waals surface area contributed by atoms with Crippen molar-refractivity contribution < 1.29 is 38.0 Å². The van der Waals surface area contributed by atoms with Crippen molar-refractivity contribution >= 4 is 11.9 Å².